The van der Waals surface area contributed by atoms with Crippen molar-refractivity contribution >= 4 is 39.8 Å². The van der Waals surface area contributed by atoms with Gasteiger partial charge in [-0.1, -0.05) is 29.8 Å². The van der Waals surface area contributed by atoms with E-state index in [1.807, 2.05) is 37.3 Å². The van der Waals surface area contributed by atoms with Crippen LogP contribution in [-0.4, -0.2) is 15.9 Å². The number of hydrogen-bond donors (Lipinski definition) is 0. The van der Waals surface area contributed by atoms with E-state index in [1.165, 1.54) is 11.3 Å². The Morgan fingerprint density at radius 1 is 1.27 bits per heavy atom. The Morgan fingerprint density at radius 3 is 2.77 bits per heavy atom. The van der Waals surface area contributed by atoms with Crippen molar-refractivity contribution in [2.24, 2.45) is 0 Å². The number of aromatic nitrogens is 2. The zero-order valence-electron chi connectivity index (χ0n) is 12.1. The van der Waals surface area contributed by atoms with Crippen LogP contribution >= 0.6 is 22.9 Å². The Bertz CT molecular complexity index is 860. The first-order valence-electron chi connectivity index (χ1n) is 6.70. The van der Waals surface area contributed by atoms with E-state index in [-0.39, 0.29) is 12.6 Å². The number of carbonyl (C=O) groups excluding carboxylic acids is 1. The van der Waals surface area contributed by atoms with Crippen LogP contribution in [0.15, 0.2) is 30.3 Å². The van der Waals surface area contributed by atoms with Crippen LogP contribution in [0.4, 0.5) is 0 Å². The molecule has 2 aromatic heterocycles. The number of carbonyl (C=O) groups is 1. The number of benzene rings is 1. The van der Waals surface area contributed by atoms with E-state index in [4.69, 9.17) is 16.3 Å². The number of rotatable bonds is 3. The summed E-state index contributed by atoms with van der Waals surface area (Å²) in [6.45, 7) is 3.75. The first-order chi connectivity index (χ1) is 10.5. The predicted octanol–water partition coefficient (Wildman–Crippen LogP) is 4.32. The first kappa shape index (κ1) is 14.9. The van der Waals surface area contributed by atoms with Gasteiger partial charge >= 0.3 is 5.97 Å². The Balaban J connectivity index is 1.80. The largest absolute Gasteiger partial charge is 0.456 e. The summed E-state index contributed by atoms with van der Waals surface area (Å²) >= 11 is 7.49. The van der Waals surface area contributed by atoms with Gasteiger partial charge in [0.15, 0.2) is 0 Å². The zero-order valence-corrected chi connectivity index (χ0v) is 13.7. The van der Waals surface area contributed by atoms with E-state index in [0.29, 0.717) is 21.3 Å². The van der Waals surface area contributed by atoms with Crippen molar-refractivity contribution in [3.63, 3.8) is 0 Å². The van der Waals surface area contributed by atoms with E-state index in [2.05, 4.69) is 9.97 Å². The molecule has 0 radical (unpaired) electrons. The molecule has 4 nitrogen and oxygen atoms in total. The lowest BCUT2D eigenvalue weighted by Gasteiger charge is -2.07. The van der Waals surface area contributed by atoms with Crippen LogP contribution in [0.1, 0.15) is 25.9 Å². The molecule has 0 aliphatic heterocycles. The van der Waals surface area contributed by atoms with E-state index in [1.54, 1.807) is 6.92 Å². The van der Waals surface area contributed by atoms with Crippen LogP contribution in [0, 0.1) is 13.8 Å². The van der Waals surface area contributed by atoms with Gasteiger partial charge in [-0.15, -0.1) is 11.3 Å². The minimum absolute atomic E-state index is 0.0892. The molecule has 0 unspecified atom stereocenters. The molecule has 3 rings (SSSR count). The fourth-order valence-corrected chi connectivity index (χ4v) is 3.18. The Morgan fingerprint density at radius 2 is 2.05 bits per heavy atom. The monoisotopic (exact) mass is 332 g/mol. The van der Waals surface area contributed by atoms with Crippen molar-refractivity contribution in [2.45, 2.75) is 20.5 Å². The number of pyridine rings is 1. The molecule has 0 aliphatic carbocycles. The van der Waals surface area contributed by atoms with Gasteiger partial charge in [0.05, 0.1) is 16.2 Å². The second kappa shape index (κ2) is 6.02. The van der Waals surface area contributed by atoms with Crippen LogP contribution in [0.2, 0.25) is 5.15 Å². The number of halogens is 1. The number of para-hydroxylation sites is 1. The summed E-state index contributed by atoms with van der Waals surface area (Å²) in [6.07, 6.45) is 0. The van der Waals surface area contributed by atoms with E-state index in [0.717, 1.165) is 15.9 Å². The number of fused-ring (bicyclic) bond motifs is 1. The van der Waals surface area contributed by atoms with Crippen molar-refractivity contribution in [3.8, 4) is 0 Å². The normalized spacial score (nSPS) is 10.9. The summed E-state index contributed by atoms with van der Waals surface area (Å²) in [6, 6.07) is 9.56. The average molecular weight is 333 g/mol. The maximum Gasteiger partial charge on any atom is 0.350 e. The molecule has 1 aromatic carbocycles. The molecule has 0 bridgehead atoms. The van der Waals surface area contributed by atoms with Gasteiger partial charge in [-0.05, 0) is 26.0 Å². The molecular weight excluding hydrogens is 320 g/mol. The molecule has 0 saturated heterocycles. The number of nitrogens with zero attached hydrogens (tertiary/aromatic N) is 2. The number of esters is 1. The molecule has 0 fully saturated rings. The van der Waals surface area contributed by atoms with Crippen molar-refractivity contribution in [3.05, 3.63) is 56.6 Å². The Labute approximate surface area is 136 Å². The van der Waals surface area contributed by atoms with Crippen LogP contribution in [0.5, 0.6) is 0 Å². The molecular formula is C16H13ClN2O2S. The Hall–Kier alpha value is -1.98. The summed E-state index contributed by atoms with van der Waals surface area (Å²) in [7, 11) is 0. The van der Waals surface area contributed by atoms with Crippen LogP contribution in [-0.2, 0) is 11.3 Å². The van der Waals surface area contributed by atoms with E-state index < -0.39 is 0 Å². The maximum atomic E-state index is 12.1. The molecule has 0 atom stereocenters. The van der Waals surface area contributed by atoms with Crippen molar-refractivity contribution in [1.82, 2.24) is 9.97 Å². The van der Waals surface area contributed by atoms with Crippen molar-refractivity contribution in [1.29, 1.82) is 0 Å². The van der Waals surface area contributed by atoms with Crippen LogP contribution in [0.25, 0.3) is 10.9 Å². The number of thiazole rings is 1. The average Bonchev–Trinajstić information content (AvgIpc) is 2.83. The third kappa shape index (κ3) is 2.96. The van der Waals surface area contributed by atoms with Gasteiger partial charge in [-0.3, -0.25) is 0 Å². The summed E-state index contributed by atoms with van der Waals surface area (Å²) in [5, 5.41) is 2.15. The zero-order chi connectivity index (χ0) is 15.7. The fraction of sp³-hybridized carbons (Fsp3) is 0.188. The SMILES string of the molecule is Cc1nc(C)c(C(=O)OCc2cc3ccccc3nc2Cl)s1. The molecule has 0 saturated carbocycles. The topological polar surface area (TPSA) is 52.1 Å². The maximum absolute atomic E-state index is 12.1. The smallest absolute Gasteiger partial charge is 0.350 e. The van der Waals surface area contributed by atoms with E-state index >= 15 is 0 Å². The molecule has 0 N–H and O–H groups in total. The van der Waals surface area contributed by atoms with Gasteiger partial charge in [0, 0.05) is 10.9 Å². The minimum Gasteiger partial charge on any atom is -0.456 e. The molecule has 3 aromatic rings. The van der Waals surface area contributed by atoms with Gasteiger partial charge in [0.2, 0.25) is 0 Å². The molecule has 0 aliphatic rings. The highest BCUT2D eigenvalue weighted by Gasteiger charge is 2.16. The Kier molecular flexibility index (Phi) is 4.09. The van der Waals surface area contributed by atoms with Gasteiger partial charge < -0.3 is 4.74 Å². The van der Waals surface area contributed by atoms with Crippen molar-refractivity contribution < 1.29 is 9.53 Å². The molecule has 0 spiro atoms. The summed E-state index contributed by atoms with van der Waals surface area (Å²) < 4.78 is 5.35. The highest BCUT2D eigenvalue weighted by atomic mass is 35.5. The third-order valence-corrected chi connectivity index (χ3v) is 4.58. The van der Waals surface area contributed by atoms with Crippen LogP contribution in [0.3, 0.4) is 0 Å². The summed E-state index contributed by atoms with van der Waals surface area (Å²) in [4.78, 5) is 21.2. The summed E-state index contributed by atoms with van der Waals surface area (Å²) in [5.41, 5.74) is 2.19. The molecule has 6 heteroatoms. The second-order valence-corrected chi connectivity index (χ2v) is 6.42. The third-order valence-electron chi connectivity index (χ3n) is 3.20. The highest BCUT2D eigenvalue weighted by molar-refractivity contribution is 7.13. The highest BCUT2D eigenvalue weighted by Crippen LogP contribution is 2.23. The lowest BCUT2D eigenvalue weighted by atomic mass is 10.2. The standard InChI is InChI=1S/C16H13ClN2O2S/c1-9-14(22-10(2)18-9)16(20)21-8-12-7-11-5-3-4-6-13(11)19-15(12)17/h3-7H,8H2,1-2H3. The molecule has 22 heavy (non-hydrogen) atoms. The van der Waals surface area contributed by atoms with Gasteiger partial charge in [0.1, 0.15) is 16.6 Å². The minimum atomic E-state index is -0.382. The summed E-state index contributed by atoms with van der Waals surface area (Å²) in [5.74, 6) is -0.382. The molecule has 2 heterocycles. The molecule has 112 valence electrons. The number of ether oxygens (including phenoxy) is 1. The van der Waals surface area contributed by atoms with Crippen molar-refractivity contribution in [2.75, 3.05) is 0 Å². The predicted molar refractivity (Wildman–Crippen MR) is 87.5 cm³/mol. The lowest BCUT2D eigenvalue weighted by Crippen LogP contribution is -2.05. The molecule has 0 amide bonds. The van der Waals surface area contributed by atoms with Gasteiger partial charge in [-0.2, -0.15) is 0 Å². The lowest BCUT2D eigenvalue weighted by molar-refractivity contribution is 0.0477. The van der Waals surface area contributed by atoms with Crippen LogP contribution < -0.4 is 0 Å². The first-order valence-corrected chi connectivity index (χ1v) is 7.89. The fourth-order valence-electron chi connectivity index (χ4n) is 2.17. The van der Waals surface area contributed by atoms with Gasteiger partial charge in [-0.25, -0.2) is 14.8 Å². The quantitative estimate of drug-likeness (QED) is 0.529. The second-order valence-electron chi connectivity index (χ2n) is 4.85. The van der Waals surface area contributed by atoms with E-state index in [9.17, 15) is 4.79 Å². The van der Waals surface area contributed by atoms with Gasteiger partial charge in [0.25, 0.3) is 0 Å². The number of hydrogen-bond acceptors (Lipinski definition) is 5. The number of aryl methyl sites for hydroxylation is 2.